The third-order valence-corrected chi connectivity index (χ3v) is 5.51. The van der Waals surface area contributed by atoms with Crippen LogP contribution >= 0.6 is 0 Å². The van der Waals surface area contributed by atoms with Crippen LogP contribution in [-0.4, -0.2) is 35.8 Å². The molecule has 6 heteroatoms. The SMILES string of the molecule is CCOc1ccc(NC(=O)C2CCCN(c3ccc(-c4cccc(C)c4)nn3)C2)cc1. The summed E-state index contributed by atoms with van der Waals surface area (Å²) < 4.78 is 5.46. The Kier molecular flexibility index (Phi) is 6.46. The molecule has 1 unspecified atom stereocenters. The summed E-state index contributed by atoms with van der Waals surface area (Å²) in [4.78, 5) is 15.0. The van der Waals surface area contributed by atoms with Crippen molar-refractivity contribution in [2.75, 3.05) is 29.9 Å². The van der Waals surface area contributed by atoms with Crippen molar-refractivity contribution in [2.24, 2.45) is 5.92 Å². The van der Waals surface area contributed by atoms with E-state index in [1.165, 1.54) is 5.56 Å². The Morgan fingerprint density at radius 3 is 2.68 bits per heavy atom. The Labute approximate surface area is 183 Å². The minimum atomic E-state index is -0.0847. The number of ether oxygens (including phenoxy) is 1. The molecule has 1 aliphatic rings. The monoisotopic (exact) mass is 416 g/mol. The van der Waals surface area contributed by atoms with Gasteiger partial charge in [0, 0.05) is 24.3 Å². The Morgan fingerprint density at radius 1 is 1.13 bits per heavy atom. The predicted molar refractivity (Wildman–Crippen MR) is 123 cm³/mol. The largest absolute Gasteiger partial charge is 0.494 e. The third kappa shape index (κ3) is 5.20. The molecule has 2 heterocycles. The smallest absolute Gasteiger partial charge is 0.229 e. The molecule has 0 radical (unpaired) electrons. The number of aryl methyl sites for hydroxylation is 1. The van der Waals surface area contributed by atoms with Crippen LogP contribution in [0.15, 0.2) is 60.7 Å². The van der Waals surface area contributed by atoms with Gasteiger partial charge >= 0.3 is 0 Å². The van der Waals surface area contributed by atoms with E-state index in [1.807, 2.05) is 55.5 Å². The lowest BCUT2D eigenvalue weighted by molar-refractivity contribution is -0.120. The van der Waals surface area contributed by atoms with Gasteiger partial charge in [0.15, 0.2) is 5.82 Å². The van der Waals surface area contributed by atoms with E-state index in [0.29, 0.717) is 13.2 Å². The molecule has 0 saturated carbocycles. The number of hydrogen-bond acceptors (Lipinski definition) is 5. The molecule has 1 amide bonds. The van der Waals surface area contributed by atoms with Gasteiger partial charge in [-0.2, -0.15) is 0 Å². The summed E-state index contributed by atoms with van der Waals surface area (Å²) in [5.41, 5.74) is 3.90. The molecular formula is C25H28N4O2. The molecule has 0 aliphatic carbocycles. The van der Waals surface area contributed by atoms with Gasteiger partial charge < -0.3 is 15.0 Å². The Balaban J connectivity index is 1.39. The summed E-state index contributed by atoms with van der Waals surface area (Å²) >= 11 is 0. The van der Waals surface area contributed by atoms with Gasteiger partial charge in [0.1, 0.15) is 5.75 Å². The molecule has 1 aromatic heterocycles. The van der Waals surface area contributed by atoms with Crippen LogP contribution in [0.25, 0.3) is 11.3 Å². The number of benzene rings is 2. The number of carbonyl (C=O) groups is 1. The molecule has 0 spiro atoms. The molecule has 6 nitrogen and oxygen atoms in total. The summed E-state index contributed by atoms with van der Waals surface area (Å²) in [5, 5.41) is 11.9. The standard InChI is InChI=1S/C25H28N4O2/c1-3-31-22-11-9-21(10-12-22)26-25(30)20-8-5-15-29(17-20)24-14-13-23(27-28-24)19-7-4-6-18(2)16-19/h4,6-7,9-14,16,20H,3,5,8,15,17H2,1-2H3,(H,26,30). The van der Waals surface area contributed by atoms with E-state index < -0.39 is 0 Å². The third-order valence-electron chi connectivity index (χ3n) is 5.51. The molecule has 0 bridgehead atoms. The second-order valence-electron chi connectivity index (χ2n) is 7.88. The summed E-state index contributed by atoms with van der Waals surface area (Å²) in [6.45, 7) is 6.16. The highest BCUT2D eigenvalue weighted by Gasteiger charge is 2.27. The first kappa shape index (κ1) is 20.8. The summed E-state index contributed by atoms with van der Waals surface area (Å²) in [5.74, 6) is 1.57. The number of amides is 1. The van der Waals surface area contributed by atoms with Gasteiger partial charge in [0.2, 0.25) is 5.91 Å². The van der Waals surface area contributed by atoms with Crippen LogP contribution in [-0.2, 0) is 4.79 Å². The highest BCUT2D eigenvalue weighted by molar-refractivity contribution is 5.93. The molecule has 31 heavy (non-hydrogen) atoms. The second kappa shape index (κ2) is 9.60. The van der Waals surface area contributed by atoms with Crippen molar-refractivity contribution in [1.29, 1.82) is 0 Å². The van der Waals surface area contributed by atoms with Gasteiger partial charge in [-0.25, -0.2) is 0 Å². The first-order valence-electron chi connectivity index (χ1n) is 10.8. The average Bonchev–Trinajstić information content (AvgIpc) is 2.81. The minimum absolute atomic E-state index is 0.0400. The second-order valence-corrected chi connectivity index (χ2v) is 7.88. The van der Waals surface area contributed by atoms with Crippen molar-refractivity contribution >= 4 is 17.4 Å². The molecular weight excluding hydrogens is 388 g/mol. The molecule has 1 fully saturated rings. The normalized spacial score (nSPS) is 16.1. The number of rotatable bonds is 6. The van der Waals surface area contributed by atoms with Gasteiger partial charge in [0.05, 0.1) is 18.2 Å². The van der Waals surface area contributed by atoms with Gasteiger partial charge in [0.25, 0.3) is 0 Å². The number of aromatic nitrogens is 2. The maximum atomic E-state index is 12.8. The number of nitrogens with one attached hydrogen (secondary N) is 1. The van der Waals surface area contributed by atoms with Crippen molar-refractivity contribution in [3.05, 3.63) is 66.2 Å². The van der Waals surface area contributed by atoms with E-state index in [-0.39, 0.29) is 11.8 Å². The summed E-state index contributed by atoms with van der Waals surface area (Å²) in [6.07, 6.45) is 1.82. The van der Waals surface area contributed by atoms with Crippen LogP contribution < -0.4 is 15.0 Å². The van der Waals surface area contributed by atoms with E-state index in [4.69, 9.17) is 4.74 Å². The maximum absolute atomic E-state index is 12.8. The summed E-state index contributed by atoms with van der Waals surface area (Å²) in [7, 11) is 0. The van der Waals surface area contributed by atoms with Crippen molar-refractivity contribution < 1.29 is 9.53 Å². The Hall–Kier alpha value is -3.41. The first-order chi connectivity index (χ1) is 15.1. The number of carbonyl (C=O) groups excluding carboxylic acids is 1. The van der Waals surface area contributed by atoms with Crippen molar-refractivity contribution in [1.82, 2.24) is 10.2 Å². The zero-order valence-corrected chi connectivity index (χ0v) is 18.0. The molecule has 1 aliphatic heterocycles. The van der Waals surface area contributed by atoms with Crippen molar-refractivity contribution in [3.8, 4) is 17.0 Å². The predicted octanol–water partition coefficient (Wildman–Crippen LogP) is 4.71. The topological polar surface area (TPSA) is 67.3 Å². The molecule has 4 rings (SSSR count). The fourth-order valence-corrected chi connectivity index (χ4v) is 3.90. The highest BCUT2D eigenvalue weighted by atomic mass is 16.5. The van der Waals surface area contributed by atoms with Crippen molar-refractivity contribution in [2.45, 2.75) is 26.7 Å². The molecule has 2 aromatic carbocycles. The maximum Gasteiger partial charge on any atom is 0.229 e. The number of nitrogens with zero attached hydrogens (tertiary/aromatic N) is 3. The average molecular weight is 417 g/mol. The van der Waals surface area contributed by atoms with Crippen LogP contribution in [0.2, 0.25) is 0 Å². The van der Waals surface area contributed by atoms with Crippen LogP contribution in [0.4, 0.5) is 11.5 Å². The van der Waals surface area contributed by atoms with E-state index in [2.05, 4.69) is 39.5 Å². The molecule has 3 aromatic rings. The summed E-state index contributed by atoms with van der Waals surface area (Å²) in [6, 6.07) is 19.7. The molecule has 1 saturated heterocycles. The van der Waals surface area contributed by atoms with E-state index >= 15 is 0 Å². The number of anilines is 2. The van der Waals surface area contributed by atoms with Crippen LogP contribution in [0.3, 0.4) is 0 Å². The molecule has 1 N–H and O–H groups in total. The highest BCUT2D eigenvalue weighted by Crippen LogP contribution is 2.25. The fourth-order valence-electron chi connectivity index (χ4n) is 3.90. The lowest BCUT2D eigenvalue weighted by Crippen LogP contribution is -2.41. The van der Waals surface area contributed by atoms with Crippen LogP contribution in [0.1, 0.15) is 25.3 Å². The first-order valence-corrected chi connectivity index (χ1v) is 10.8. The lowest BCUT2D eigenvalue weighted by Gasteiger charge is -2.32. The minimum Gasteiger partial charge on any atom is -0.494 e. The quantitative estimate of drug-likeness (QED) is 0.631. The fraction of sp³-hybridized carbons (Fsp3) is 0.320. The van der Waals surface area contributed by atoms with E-state index in [0.717, 1.165) is 47.9 Å². The Bertz CT molecular complexity index is 1020. The van der Waals surface area contributed by atoms with Gasteiger partial charge in [-0.1, -0.05) is 23.8 Å². The lowest BCUT2D eigenvalue weighted by atomic mass is 9.97. The van der Waals surface area contributed by atoms with Crippen LogP contribution in [0, 0.1) is 12.8 Å². The number of hydrogen-bond donors (Lipinski definition) is 1. The Morgan fingerprint density at radius 2 is 1.97 bits per heavy atom. The van der Waals surface area contributed by atoms with Gasteiger partial charge in [-0.05, 0) is 69.2 Å². The zero-order chi connectivity index (χ0) is 21.6. The molecule has 1 atom stereocenters. The van der Waals surface area contributed by atoms with E-state index in [9.17, 15) is 4.79 Å². The van der Waals surface area contributed by atoms with Crippen LogP contribution in [0.5, 0.6) is 5.75 Å². The van der Waals surface area contributed by atoms with E-state index in [1.54, 1.807) is 0 Å². The molecule has 160 valence electrons. The number of piperidine rings is 1. The van der Waals surface area contributed by atoms with Gasteiger partial charge in [-0.3, -0.25) is 4.79 Å². The van der Waals surface area contributed by atoms with Gasteiger partial charge in [-0.15, -0.1) is 10.2 Å². The zero-order valence-electron chi connectivity index (χ0n) is 18.0. The van der Waals surface area contributed by atoms with Crippen molar-refractivity contribution in [3.63, 3.8) is 0 Å².